The van der Waals surface area contributed by atoms with Crippen molar-refractivity contribution in [3.8, 4) is 0 Å². The van der Waals surface area contributed by atoms with Crippen LogP contribution in [0.2, 0.25) is 0 Å². The number of hydrogen-bond donors (Lipinski definition) is 0. The molecule has 0 saturated carbocycles. The van der Waals surface area contributed by atoms with Gasteiger partial charge in [-0.2, -0.15) is 0 Å². The van der Waals surface area contributed by atoms with Crippen molar-refractivity contribution in [3.05, 3.63) is 97.2 Å². The van der Waals surface area contributed by atoms with Gasteiger partial charge in [0.1, 0.15) is 6.79 Å². The molecular weight excluding hydrogens is 508 g/mol. The van der Waals surface area contributed by atoms with Gasteiger partial charge >= 0.3 is 0 Å². The molecule has 0 heterocycles. The maximum Gasteiger partial charge on any atom is 0.106 e. The number of carbonyl (C=O) groups excluding carboxylic acids is 1. The van der Waals surface area contributed by atoms with Gasteiger partial charge in [-0.15, -0.1) is 0 Å². The molecular formula is C33H62O7. The van der Waals surface area contributed by atoms with E-state index < -0.39 is 0 Å². The van der Waals surface area contributed by atoms with E-state index in [0.717, 1.165) is 52.9 Å². The van der Waals surface area contributed by atoms with Crippen molar-refractivity contribution in [2.45, 2.75) is 55.4 Å². The molecule has 0 saturated heterocycles. The van der Waals surface area contributed by atoms with Crippen molar-refractivity contribution in [1.82, 2.24) is 0 Å². The fourth-order valence-electron chi connectivity index (χ4n) is 1.59. The molecule has 0 aliphatic heterocycles. The molecule has 0 bridgehead atoms. The van der Waals surface area contributed by atoms with Gasteiger partial charge in [0.05, 0.1) is 52.9 Å². The van der Waals surface area contributed by atoms with Gasteiger partial charge in [-0.3, -0.25) is 0 Å². The molecule has 0 spiro atoms. The summed E-state index contributed by atoms with van der Waals surface area (Å²) in [5, 5.41) is 0. The Bertz CT molecular complexity index is 450. The lowest BCUT2D eigenvalue weighted by Crippen LogP contribution is -1.89. The highest BCUT2D eigenvalue weighted by molar-refractivity contribution is 5.11. The average molecular weight is 571 g/mol. The summed E-state index contributed by atoms with van der Waals surface area (Å²) in [6.07, 6.45) is 31.8. The molecule has 0 aliphatic carbocycles. The molecule has 0 fully saturated rings. The van der Waals surface area contributed by atoms with Crippen LogP contribution in [0.5, 0.6) is 0 Å². The number of rotatable bonds is 16. The zero-order chi connectivity index (χ0) is 29.8. The zero-order valence-corrected chi connectivity index (χ0v) is 26.6. The number of hydrogen-bond acceptors (Lipinski definition) is 5. The standard InChI is InChI=1S/4C8H14O.CH2O.2H2O/c4*1-3-5-7-9-8-6-4-2;1-2;;/h4*3-6H,7-8H2,1-2H3;1H2;2*1H2. The first-order valence-corrected chi connectivity index (χ1v) is 13.1. The monoisotopic (exact) mass is 570 g/mol. The lowest BCUT2D eigenvalue weighted by atomic mass is 10.5. The number of allylic oxidation sites excluding steroid dienone is 8. The highest BCUT2D eigenvalue weighted by Gasteiger charge is 1.76. The van der Waals surface area contributed by atoms with Crippen LogP contribution in [0, 0.1) is 0 Å². The van der Waals surface area contributed by atoms with Gasteiger partial charge in [0, 0.05) is 0 Å². The summed E-state index contributed by atoms with van der Waals surface area (Å²) in [6, 6.07) is 0. The Balaban J connectivity index is -0.0000000699. The van der Waals surface area contributed by atoms with E-state index in [4.69, 9.17) is 23.7 Å². The molecule has 0 aromatic rings. The molecule has 0 radical (unpaired) electrons. The summed E-state index contributed by atoms with van der Waals surface area (Å²) in [7, 11) is 0. The normalized spacial score (nSPS) is 10.7. The Morgan fingerprint density at radius 2 is 0.425 bits per heavy atom. The molecule has 0 aromatic heterocycles. The van der Waals surface area contributed by atoms with E-state index in [1.807, 2.05) is 159 Å². The Morgan fingerprint density at radius 1 is 0.325 bits per heavy atom. The molecule has 7 nitrogen and oxygen atoms in total. The van der Waals surface area contributed by atoms with E-state index in [0.29, 0.717) is 0 Å². The number of ether oxygens (including phenoxy) is 4. The fraction of sp³-hybridized carbons (Fsp3) is 0.485. The van der Waals surface area contributed by atoms with Gasteiger partial charge in [0.25, 0.3) is 0 Å². The van der Waals surface area contributed by atoms with Crippen LogP contribution >= 0.6 is 0 Å². The van der Waals surface area contributed by atoms with Crippen LogP contribution in [0.25, 0.3) is 0 Å². The average Bonchev–Trinajstić information content (AvgIpc) is 2.95. The quantitative estimate of drug-likeness (QED) is 0.150. The van der Waals surface area contributed by atoms with Gasteiger partial charge < -0.3 is 34.7 Å². The van der Waals surface area contributed by atoms with Crippen LogP contribution in [0.15, 0.2) is 97.2 Å². The predicted molar refractivity (Wildman–Crippen MR) is 176 cm³/mol. The predicted octanol–water partition coefficient (Wildman–Crippen LogP) is 6.79. The highest BCUT2D eigenvalue weighted by atomic mass is 16.5. The minimum atomic E-state index is 0. The highest BCUT2D eigenvalue weighted by Crippen LogP contribution is 1.80. The summed E-state index contributed by atoms with van der Waals surface area (Å²) < 4.78 is 20.6. The van der Waals surface area contributed by atoms with Crippen LogP contribution in [0.3, 0.4) is 0 Å². The maximum atomic E-state index is 8.00. The molecule has 0 amide bonds. The molecule has 0 unspecified atom stereocenters. The second kappa shape index (κ2) is 70.7. The van der Waals surface area contributed by atoms with Gasteiger partial charge in [-0.05, 0) is 55.4 Å². The molecule has 236 valence electrons. The van der Waals surface area contributed by atoms with Crippen molar-refractivity contribution in [2.75, 3.05) is 52.9 Å². The molecule has 4 N–H and O–H groups in total. The van der Waals surface area contributed by atoms with Gasteiger partial charge in [0.15, 0.2) is 0 Å². The van der Waals surface area contributed by atoms with Crippen LogP contribution in [-0.2, 0) is 23.7 Å². The second-order valence-corrected chi connectivity index (χ2v) is 6.70. The minimum Gasteiger partial charge on any atom is -0.412 e. The molecule has 0 aliphatic rings. The van der Waals surface area contributed by atoms with Gasteiger partial charge in [0.2, 0.25) is 0 Å². The largest absolute Gasteiger partial charge is 0.412 e. The van der Waals surface area contributed by atoms with Gasteiger partial charge in [-0.25, -0.2) is 0 Å². The third-order valence-corrected chi connectivity index (χ3v) is 3.60. The summed E-state index contributed by atoms with van der Waals surface area (Å²) >= 11 is 0. The first-order valence-electron chi connectivity index (χ1n) is 13.1. The Kier molecular flexibility index (Phi) is 94.7. The van der Waals surface area contributed by atoms with Crippen molar-refractivity contribution >= 4 is 6.79 Å². The van der Waals surface area contributed by atoms with E-state index in [-0.39, 0.29) is 11.0 Å². The smallest absolute Gasteiger partial charge is 0.106 e. The third-order valence-electron chi connectivity index (χ3n) is 3.60. The first-order chi connectivity index (χ1) is 18.7. The Morgan fingerprint density at radius 3 is 0.500 bits per heavy atom. The molecule has 0 rings (SSSR count). The third kappa shape index (κ3) is 91.5. The Hall–Kier alpha value is -2.65. The summed E-state index contributed by atoms with van der Waals surface area (Å²) in [4.78, 5) is 8.00. The molecule has 7 heteroatoms. The Labute approximate surface area is 247 Å². The van der Waals surface area contributed by atoms with E-state index in [9.17, 15) is 0 Å². The summed E-state index contributed by atoms with van der Waals surface area (Å²) in [5.41, 5.74) is 0. The summed E-state index contributed by atoms with van der Waals surface area (Å²) in [5.74, 6) is 0. The SMILES string of the molecule is C=O.CC=CCOCC=CC.CC=CCOCC=CC.CC=CCOCC=CC.CC=CCOCC=CC.O.O. The lowest BCUT2D eigenvalue weighted by Gasteiger charge is -1.91. The van der Waals surface area contributed by atoms with Crippen molar-refractivity contribution in [3.63, 3.8) is 0 Å². The second-order valence-electron chi connectivity index (χ2n) is 6.70. The maximum absolute atomic E-state index is 8.00. The molecule has 40 heavy (non-hydrogen) atoms. The molecule has 0 atom stereocenters. The van der Waals surface area contributed by atoms with E-state index >= 15 is 0 Å². The minimum absolute atomic E-state index is 0. The van der Waals surface area contributed by atoms with Crippen molar-refractivity contribution < 1.29 is 34.7 Å². The van der Waals surface area contributed by atoms with Crippen LogP contribution in [-0.4, -0.2) is 70.6 Å². The van der Waals surface area contributed by atoms with E-state index in [2.05, 4.69) is 0 Å². The topological polar surface area (TPSA) is 117 Å². The summed E-state index contributed by atoms with van der Waals surface area (Å²) in [6.45, 7) is 23.7. The fourth-order valence-corrected chi connectivity index (χ4v) is 1.59. The van der Waals surface area contributed by atoms with E-state index in [1.165, 1.54) is 0 Å². The first kappa shape index (κ1) is 53.6. The van der Waals surface area contributed by atoms with Crippen LogP contribution in [0.1, 0.15) is 55.4 Å². The van der Waals surface area contributed by atoms with Crippen molar-refractivity contribution in [1.29, 1.82) is 0 Å². The van der Waals surface area contributed by atoms with Crippen molar-refractivity contribution in [2.24, 2.45) is 0 Å². The van der Waals surface area contributed by atoms with Gasteiger partial charge in [-0.1, -0.05) is 97.2 Å². The lowest BCUT2D eigenvalue weighted by molar-refractivity contribution is -0.0980. The number of carbonyl (C=O) groups is 1. The zero-order valence-electron chi connectivity index (χ0n) is 26.6. The van der Waals surface area contributed by atoms with E-state index in [1.54, 1.807) is 0 Å². The van der Waals surface area contributed by atoms with Crippen LogP contribution in [0.4, 0.5) is 0 Å². The van der Waals surface area contributed by atoms with Crippen LogP contribution < -0.4 is 0 Å². The molecule has 0 aromatic carbocycles.